The van der Waals surface area contributed by atoms with Gasteiger partial charge in [0.2, 0.25) is 0 Å². The van der Waals surface area contributed by atoms with Crippen molar-refractivity contribution in [1.29, 1.82) is 0 Å². The van der Waals surface area contributed by atoms with E-state index >= 15 is 0 Å². The van der Waals surface area contributed by atoms with Gasteiger partial charge in [-0.2, -0.15) is 0 Å². The van der Waals surface area contributed by atoms with Crippen molar-refractivity contribution in [2.75, 3.05) is 4.81 Å². The minimum Gasteiger partial charge on any atom is -0.436 e. The number of para-hydroxylation sites is 1. The number of anilines is 2. The maximum absolute atomic E-state index is 5.38. The average molecular weight is 788 g/mol. The molecular weight excluding hydrogens is 748 g/mol. The highest BCUT2D eigenvalue weighted by molar-refractivity contribution is 6.91. The Morgan fingerprint density at radius 2 is 0.968 bits per heavy atom. The fourth-order valence-corrected chi connectivity index (χ4v) is 9.55. The zero-order chi connectivity index (χ0) is 41.0. The number of hydrogen-bond donors (Lipinski definition) is 0. The van der Waals surface area contributed by atoms with E-state index in [1.165, 1.54) is 72.1 Å². The Balaban J connectivity index is 0.992. The molecule has 0 atom stereocenters. The van der Waals surface area contributed by atoms with Crippen LogP contribution in [0.15, 0.2) is 230 Å². The molecule has 0 saturated heterocycles. The lowest BCUT2D eigenvalue weighted by Gasteiger charge is -2.48. The van der Waals surface area contributed by atoms with Crippen molar-refractivity contribution in [1.82, 2.24) is 9.71 Å². The molecule has 12 rings (SSSR count). The molecule has 0 unspecified atom stereocenters. The summed E-state index contributed by atoms with van der Waals surface area (Å²) in [5, 5.41) is 2.46. The van der Waals surface area contributed by atoms with E-state index in [-0.39, 0.29) is 13.8 Å². The Morgan fingerprint density at radius 3 is 1.71 bits per heavy atom. The van der Waals surface area contributed by atoms with Crippen LogP contribution in [0.4, 0.5) is 11.4 Å². The summed E-state index contributed by atoms with van der Waals surface area (Å²) in [4.78, 5) is 7.90. The molecule has 0 aliphatic carbocycles. The minimum absolute atomic E-state index is 0.0414. The number of pyridine rings is 1. The predicted octanol–water partition coefficient (Wildman–Crippen LogP) is 13.4. The number of benzene rings is 8. The van der Waals surface area contributed by atoms with E-state index < -0.39 is 0 Å². The molecule has 288 valence electrons. The summed E-state index contributed by atoms with van der Waals surface area (Å²) in [6.07, 6.45) is 7.00. The maximum Gasteiger partial charge on any atom is 0.395 e. The summed E-state index contributed by atoms with van der Waals surface area (Å²) in [5.41, 5.74) is 18.5. The molecule has 4 heterocycles. The summed E-state index contributed by atoms with van der Waals surface area (Å²) >= 11 is 0. The van der Waals surface area contributed by atoms with E-state index in [4.69, 9.17) is 4.98 Å². The summed E-state index contributed by atoms with van der Waals surface area (Å²) < 4.78 is 2.53. The molecule has 0 spiro atoms. The highest BCUT2D eigenvalue weighted by Crippen LogP contribution is 2.42. The molecule has 9 aromatic rings. The van der Waals surface area contributed by atoms with Crippen LogP contribution >= 0.6 is 0 Å². The van der Waals surface area contributed by atoms with Crippen molar-refractivity contribution >= 4 is 53.1 Å². The Kier molecular flexibility index (Phi) is 8.71. The molecule has 3 aliphatic rings. The molecular formula is C57H39B2N3. The van der Waals surface area contributed by atoms with E-state index in [2.05, 4.69) is 246 Å². The average Bonchev–Trinajstić information content (AvgIpc) is 3.36. The SMILES string of the molecule is C1=CC(c2cc(-c3ccccc3)cc(-c3ccccc3)c2)=CN2B1c1ccc(-c3cc(-c4ccc5ccccc5c4)cc(-c4ccccc4)n3)cc1N1B2C=Cc2ccccc21. The van der Waals surface area contributed by atoms with Gasteiger partial charge in [0.1, 0.15) is 0 Å². The van der Waals surface area contributed by atoms with Crippen molar-refractivity contribution in [2.45, 2.75) is 0 Å². The van der Waals surface area contributed by atoms with E-state index in [1.807, 2.05) is 0 Å². The van der Waals surface area contributed by atoms with Crippen LogP contribution in [-0.2, 0) is 0 Å². The first-order valence-electron chi connectivity index (χ1n) is 21.4. The fourth-order valence-electron chi connectivity index (χ4n) is 9.55. The van der Waals surface area contributed by atoms with E-state index in [0.717, 1.165) is 28.1 Å². The Morgan fingerprint density at radius 1 is 0.371 bits per heavy atom. The van der Waals surface area contributed by atoms with Crippen molar-refractivity contribution in [3.63, 3.8) is 0 Å². The van der Waals surface area contributed by atoms with Gasteiger partial charge in [0.15, 0.2) is 0 Å². The number of nitrogens with zero attached hydrogens (tertiary/aromatic N) is 3. The van der Waals surface area contributed by atoms with Gasteiger partial charge in [-0.05, 0) is 121 Å². The zero-order valence-corrected chi connectivity index (χ0v) is 34.0. The van der Waals surface area contributed by atoms with Gasteiger partial charge in [-0.15, -0.1) is 0 Å². The monoisotopic (exact) mass is 787 g/mol. The largest absolute Gasteiger partial charge is 0.436 e. The third-order valence-electron chi connectivity index (χ3n) is 12.6. The highest BCUT2D eigenvalue weighted by atomic mass is 15.2. The molecule has 0 fully saturated rings. The van der Waals surface area contributed by atoms with Crippen molar-refractivity contribution in [3.8, 4) is 55.9 Å². The van der Waals surface area contributed by atoms with Crippen LogP contribution in [0.1, 0.15) is 11.1 Å². The quantitative estimate of drug-likeness (QED) is 0.157. The lowest BCUT2D eigenvalue weighted by atomic mass is 9.42. The van der Waals surface area contributed by atoms with Gasteiger partial charge in [-0.3, -0.25) is 0 Å². The van der Waals surface area contributed by atoms with Gasteiger partial charge in [0, 0.05) is 22.5 Å². The molecule has 0 amide bonds. The van der Waals surface area contributed by atoms with Crippen LogP contribution in [0.5, 0.6) is 0 Å². The zero-order valence-electron chi connectivity index (χ0n) is 34.0. The first kappa shape index (κ1) is 36.0. The third kappa shape index (κ3) is 6.38. The van der Waals surface area contributed by atoms with Crippen molar-refractivity contribution < 1.29 is 0 Å². The maximum atomic E-state index is 5.38. The molecule has 0 N–H and O–H groups in total. The summed E-state index contributed by atoms with van der Waals surface area (Å²) in [5.74, 6) is 4.75. The second-order valence-corrected chi connectivity index (χ2v) is 16.4. The van der Waals surface area contributed by atoms with Gasteiger partial charge in [0.05, 0.1) is 11.4 Å². The van der Waals surface area contributed by atoms with Crippen LogP contribution in [0.3, 0.4) is 0 Å². The predicted molar refractivity (Wildman–Crippen MR) is 263 cm³/mol. The first-order chi connectivity index (χ1) is 30.7. The molecule has 3 nitrogen and oxygen atoms in total. The number of rotatable bonds is 6. The van der Waals surface area contributed by atoms with Crippen LogP contribution < -0.4 is 10.3 Å². The normalized spacial score (nSPS) is 13.6. The second-order valence-electron chi connectivity index (χ2n) is 16.4. The van der Waals surface area contributed by atoms with E-state index in [9.17, 15) is 0 Å². The molecule has 5 heteroatoms. The van der Waals surface area contributed by atoms with Crippen LogP contribution in [0, 0.1) is 0 Å². The van der Waals surface area contributed by atoms with E-state index in [1.54, 1.807) is 0 Å². The summed E-state index contributed by atoms with van der Waals surface area (Å²) in [6.45, 7) is 0.00177. The first-order valence-corrected chi connectivity index (χ1v) is 21.4. The lowest BCUT2D eigenvalue weighted by molar-refractivity contribution is 0.883. The highest BCUT2D eigenvalue weighted by Gasteiger charge is 2.44. The fraction of sp³-hybridized carbons (Fsp3) is 0. The molecule has 1 aromatic heterocycles. The Hall–Kier alpha value is -7.88. The lowest BCUT2D eigenvalue weighted by Crippen LogP contribution is -2.64. The van der Waals surface area contributed by atoms with Gasteiger partial charge >= 0.3 is 13.8 Å². The van der Waals surface area contributed by atoms with Crippen LogP contribution in [0.2, 0.25) is 0 Å². The van der Waals surface area contributed by atoms with Gasteiger partial charge < -0.3 is 9.53 Å². The number of allylic oxidation sites excluding steroid dienone is 2. The molecule has 0 radical (unpaired) electrons. The number of aromatic nitrogens is 1. The van der Waals surface area contributed by atoms with Gasteiger partial charge in [-0.1, -0.05) is 182 Å². The summed E-state index contributed by atoms with van der Waals surface area (Å²) in [6, 6.07) is 74.5. The molecule has 3 aliphatic heterocycles. The number of fused-ring (bicyclic) bond motifs is 9. The van der Waals surface area contributed by atoms with Crippen molar-refractivity contribution in [2.24, 2.45) is 0 Å². The van der Waals surface area contributed by atoms with Gasteiger partial charge in [-0.25, -0.2) is 4.98 Å². The third-order valence-corrected chi connectivity index (χ3v) is 12.6. The molecule has 62 heavy (non-hydrogen) atoms. The molecule has 8 aromatic carbocycles. The standard InChI is InChI=1S/C57H39B2N3/c1-4-14-40(15-5-1)49-33-50(41-16-6-2-7-17-41)35-51(34-49)48-28-30-58-53-27-26-47(38-57(53)62-56-23-13-12-21-44(56)29-31-59(62)61(58)39-48)55-37-52(36-54(60-55)43-19-8-3-9-20-43)46-25-24-42-18-10-11-22-45(42)32-46/h1-39H. The van der Waals surface area contributed by atoms with Crippen LogP contribution in [-0.4, -0.2) is 23.5 Å². The Bertz CT molecular complexity index is 3210. The van der Waals surface area contributed by atoms with Crippen molar-refractivity contribution in [3.05, 3.63) is 242 Å². The topological polar surface area (TPSA) is 19.4 Å². The number of hydrogen-bond acceptors (Lipinski definition) is 3. The molecule has 0 bridgehead atoms. The Labute approximate surface area is 363 Å². The minimum atomic E-state index is -0.0414. The molecule has 0 saturated carbocycles. The second kappa shape index (κ2) is 15.0. The van der Waals surface area contributed by atoms with E-state index in [0.29, 0.717) is 0 Å². The van der Waals surface area contributed by atoms with Gasteiger partial charge in [0.25, 0.3) is 0 Å². The smallest absolute Gasteiger partial charge is 0.395 e. The summed E-state index contributed by atoms with van der Waals surface area (Å²) in [7, 11) is 0. The van der Waals surface area contributed by atoms with Crippen LogP contribution in [0.25, 0.3) is 78.3 Å².